The van der Waals surface area contributed by atoms with Gasteiger partial charge >= 0.3 is 27.3 Å². The maximum atomic E-state index is 9.60. The molecular formula is C6H12CdO4P2. The van der Waals surface area contributed by atoms with Crippen LogP contribution >= 0.6 is 16.1 Å². The fourth-order valence-corrected chi connectivity index (χ4v) is 0.707. The van der Waals surface area contributed by atoms with Gasteiger partial charge < -0.3 is 18.9 Å². The first-order chi connectivity index (χ1) is 5.54. The summed E-state index contributed by atoms with van der Waals surface area (Å²) in [5.41, 5.74) is 0. The zero-order chi connectivity index (χ0) is 9.98. The topological polar surface area (TPSA) is 80.3 Å². The molecule has 0 fully saturated rings. The van der Waals surface area contributed by atoms with Crippen molar-refractivity contribution in [3.63, 3.8) is 0 Å². The van der Waals surface area contributed by atoms with Crippen molar-refractivity contribution in [1.29, 1.82) is 0 Å². The average molecular weight is 323 g/mol. The van der Waals surface area contributed by atoms with Gasteiger partial charge in [-0.3, -0.25) is 0 Å². The molecule has 2 unspecified atom stereocenters. The molecule has 0 aromatic heterocycles. The normalized spacial score (nSPS) is 12.5. The molecule has 13 heavy (non-hydrogen) atoms. The van der Waals surface area contributed by atoms with Gasteiger partial charge in [0.2, 0.25) is 0 Å². The van der Waals surface area contributed by atoms with Crippen LogP contribution < -0.4 is 9.79 Å². The van der Waals surface area contributed by atoms with Crippen LogP contribution in [-0.4, -0.2) is 12.3 Å². The minimum atomic E-state index is -2.50. The fraction of sp³-hybridized carbons (Fsp3) is 0.333. The number of hydrogen-bond donors (Lipinski definition) is 0. The van der Waals surface area contributed by atoms with Gasteiger partial charge in [-0.15, -0.1) is 13.2 Å². The minimum absolute atomic E-state index is 0. The summed E-state index contributed by atoms with van der Waals surface area (Å²) in [6.07, 6.45) is 3.00. The van der Waals surface area contributed by atoms with Crippen LogP contribution in [0.1, 0.15) is 0 Å². The van der Waals surface area contributed by atoms with Gasteiger partial charge in [0, 0.05) is 28.4 Å². The molecule has 0 aliphatic rings. The van der Waals surface area contributed by atoms with Gasteiger partial charge in [0.25, 0.3) is 0 Å². The standard InChI is InChI=1S/2C3H7O2P.Cd/c2*1-2-3-6(4)5;/h2*2,6H,1,3H2,(H,4,5);/q;;+2/p-2. The zero-order valence-electron chi connectivity index (χ0n) is 7.32. The van der Waals surface area contributed by atoms with E-state index in [9.17, 15) is 18.9 Å². The smallest absolute Gasteiger partial charge is 0.801 e. The van der Waals surface area contributed by atoms with E-state index in [1.165, 1.54) is 12.2 Å². The number of rotatable bonds is 4. The largest absolute Gasteiger partial charge is 2.00 e. The van der Waals surface area contributed by atoms with Crippen LogP contribution in [0.4, 0.5) is 0 Å². The SMILES string of the molecule is C=CC[PH](=O)[O-].C=CC[PH](=O)[O-].[Cd+2]. The predicted octanol–water partition coefficient (Wildman–Crippen LogP) is 0.0123. The molecule has 0 aliphatic heterocycles. The van der Waals surface area contributed by atoms with Crippen molar-refractivity contribution in [2.75, 3.05) is 12.3 Å². The predicted molar refractivity (Wildman–Crippen MR) is 48.1 cm³/mol. The van der Waals surface area contributed by atoms with Crippen LogP contribution in [0.2, 0.25) is 0 Å². The molecular weight excluding hydrogens is 310 g/mol. The molecule has 0 aliphatic carbocycles. The second-order valence-electron chi connectivity index (χ2n) is 1.73. The zero-order valence-corrected chi connectivity index (χ0v) is 13.4. The summed E-state index contributed by atoms with van der Waals surface area (Å²) in [4.78, 5) is 19.2. The van der Waals surface area contributed by atoms with Gasteiger partial charge in [0.1, 0.15) is 0 Å². The molecule has 72 valence electrons. The van der Waals surface area contributed by atoms with Gasteiger partial charge in [0.05, 0.1) is 0 Å². The molecule has 2 atom stereocenters. The Kier molecular flexibility index (Phi) is 22.7. The maximum Gasteiger partial charge on any atom is 2.00 e. The summed E-state index contributed by atoms with van der Waals surface area (Å²) >= 11 is 0. The van der Waals surface area contributed by atoms with Gasteiger partial charge in [-0.25, -0.2) is 0 Å². The van der Waals surface area contributed by atoms with Crippen molar-refractivity contribution in [3.05, 3.63) is 25.3 Å². The second-order valence-corrected chi connectivity index (χ2v) is 4.03. The van der Waals surface area contributed by atoms with E-state index >= 15 is 0 Å². The summed E-state index contributed by atoms with van der Waals surface area (Å²) in [7, 11) is -5.01. The van der Waals surface area contributed by atoms with Crippen molar-refractivity contribution in [1.82, 2.24) is 0 Å². The Morgan fingerprint density at radius 2 is 1.23 bits per heavy atom. The van der Waals surface area contributed by atoms with Crippen LogP contribution in [0, 0.1) is 0 Å². The first kappa shape index (κ1) is 19.4. The summed E-state index contributed by atoms with van der Waals surface area (Å²) in [5, 5.41) is 0. The van der Waals surface area contributed by atoms with E-state index in [4.69, 9.17) is 0 Å². The Balaban J connectivity index is -0.000000143. The van der Waals surface area contributed by atoms with Gasteiger partial charge in [-0.1, -0.05) is 12.2 Å². The van der Waals surface area contributed by atoms with Gasteiger partial charge in [0.15, 0.2) is 0 Å². The monoisotopic (exact) mass is 324 g/mol. The molecule has 0 saturated carbocycles. The van der Waals surface area contributed by atoms with E-state index in [1.807, 2.05) is 0 Å². The maximum absolute atomic E-state index is 9.60. The van der Waals surface area contributed by atoms with E-state index in [0.29, 0.717) is 0 Å². The molecule has 4 nitrogen and oxygen atoms in total. The molecule has 0 radical (unpaired) electrons. The number of allylic oxidation sites excluding steroid dienone is 2. The molecule has 0 heterocycles. The molecule has 0 amide bonds. The van der Waals surface area contributed by atoms with Gasteiger partial charge in [-0.05, 0) is 0 Å². The third-order valence-electron chi connectivity index (χ3n) is 0.622. The average Bonchev–Trinajstić information content (AvgIpc) is 1.87. The van der Waals surface area contributed by atoms with Crippen molar-refractivity contribution in [2.45, 2.75) is 0 Å². The van der Waals surface area contributed by atoms with E-state index in [-0.39, 0.29) is 39.6 Å². The Labute approximate surface area is 99.6 Å². The molecule has 0 aromatic carbocycles. The van der Waals surface area contributed by atoms with E-state index in [2.05, 4.69) is 13.2 Å². The third kappa shape index (κ3) is 32.3. The molecule has 0 aromatic rings. The summed E-state index contributed by atoms with van der Waals surface area (Å²) in [6, 6.07) is 0. The summed E-state index contributed by atoms with van der Waals surface area (Å²) in [6.45, 7) is 6.45. The van der Waals surface area contributed by atoms with E-state index in [1.54, 1.807) is 0 Å². The van der Waals surface area contributed by atoms with Crippen LogP contribution in [0.15, 0.2) is 25.3 Å². The molecule has 0 rings (SSSR count). The van der Waals surface area contributed by atoms with Crippen LogP contribution in [0.3, 0.4) is 0 Å². The molecule has 0 spiro atoms. The van der Waals surface area contributed by atoms with Crippen LogP contribution in [0.25, 0.3) is 0 Å². The first-order valence-corrected chi connectivity index (χ1v) is 6.20. The third-order valence-corrected chi connectivity index (χ3v) is 1.87. The summed E-state index contributed by atoms with van der Waals surface area (Å²) < 4.78 is 19.2. The van der Waals surface area contributed by atoms with Crippen molar-refractivity contribution >= 4 is 16.1 Å². The quantitative estimate of drug-likeness (QED) is 0.415. The fourth-order valence-electron chi connectivity index (χ4n) is 0.236. The second kappa shape index (κ2) is 15.3. The molecule has 0 saturated heterocycles. The van der Waals surface area contributed by atoms with Crippen LogP contribution in [0.5, 0.6) is 0 Å². The Hall–Kier alpha value is 0.782. The first-order valence-electron chi connectivity index (χ1n) is 3.16. The minimum Gasteiger partial charge on any atom is -0.801 e. The Morgan fingerprint density at radius 3 is 1.23 bits per heavy atom. The van der Waals surface area contributed by atoms with Crippen molar-refractivity contribution < 1.29 is 46.2 Å². The molecule has 0 bridgehead atoms. The molecule has 7 heteroatoms. The van der Waals surface area contributed by atoms with Crippen LogP contribution in [-0.2, 0) is 36.4 Å². The van der Waals surface area contributed by atoms with Crippen molar-refractivity contribution in [2.24, 2.45) is 0 Å². The Morgan fingerprint density at radius 1 is 1.00 bits per heavy atom. The summed E-state index contributed by atoms with van der Waals surface area (Å²) in [5.74, 6) is 0. The van der Waals surface area contributed by atoms with Gasteiger partial charge in [-0.2, -0.15) is 0 Å². The van der Waals surface area contributed by atoms with Crippen molar-refractivity contribution in [3.8, 4) is 0 Å². The number of hydrogen-bond acceptors (Lipinski definition) is 4. The Bertz CT molecular complexity index is 163. The van der Waals surface area contributed by atoms with E-state index in [0.717, 1.165) is 0 Å². The van der Waals surface area contributed by atoms with E-state index < -0.39 is 16.1 Å². The molecule has 0 N–H and O–H groups in total.